The largest absolute Gasteiger partial charge is 0.463 e. The molecule has 36 heavy (non-hydrogen) atoms. The SMILES string of the molecule is Cc1cccc(NC(=O)C(C)OC(=O)c2ccc3nc(-c4ccco4)c(-c4ccco4)nc3c2)c1C. The minimum atomic E-state index is -1.00. The van der Waals surface area contributed by atoms with Crippen LogP contribution in [0.2, 0.25) is 0 Å². The Morgan fingerprint density at radius 3 is 2.17 bits per heavy atom. The first-order chi connectivity index (χ1) is 17.4. The van der Waals surface area contributed by atoms with Crippen molar-refractivity contribution in [2.24, 2.45) is 0 Å². The molecule has 0 aliphatic carbocycles. The first-order valence-corrected chi connectivity index (χ1v) is 11.4. The Morgan fingerprint density at radius 1 is 0.861 bits per heavy atom. The van der Waals surface area contributed by atoms with E-state index in [1.165, 1.54) is 6.92 Å². The minimum Gasteiger partial charge on any atom is -0.463 e. The van der Waals surface area contributed by atoms with Crippen molar-refractivity contribution in [2.75, 3.05) is 5.32 Å². The number of amides is 1. The third kappa shape index (κ3) is 4.48. The lowest BCUT2D eigenvalue weighted by Gasteiger charge is -2.15. The summed E-state index contributed by atoms with van der Waals surface area (Å²) < 4.78 is 16.5. The van der Waals surface area contributed by atoms with Crippen LogP contribution in [-0.2, 0) is 9.53 Å². The van der Waals surface area contributed by atoms with Crippen LogP contribution in [0, 0.1) is 13.8 Å². The number of aromatic nitrogens is 2. The van der Waals surface area contributed by atoms with Crippen LogP contribution in [-0.4, -0.2) is 27.9 Å². The number of carbonyl (C=O) groups excluding carboxylic acids is 2. The number of benzene rings is 2. The van der Waals surface area contributed by atoms with Gasteiger partial charge in [-0.05, 0) is 80.4 Å². The number of anilines is 1. The number of furan rings is 2. The molecule has 1 atom stereocenters. The quantitative estimate of drug-likeness (QED) is 0.299. The summed E-state index contributed by atoms with van der Waals surface area (Å²) in [5.41, 5.74) is 4.98. The highest BCUT2D eigenvalue weighted by atomic mass is 16.5. The molecule has 5 aromatic rings. The van der Waals surface area contributed by atoms with Crippen molar-refractivity contribution < 1.29 is 23.2 Å². The van der Waals surface area contributed by atoms with Crippen molar-refractivity contribution in [3.8, 4) is 22.9 Å². The third-order valence-electron chi connectivity index (χ3n) is 5.92. The van der Waals surface area contributed by atoms with E-state index < -0.39 is 18.0 Å². The van der Waals surface area contributed by atoms with E-state index in [0.717, 1.165) is 11.1 Å². The number of aryl methyl sites for hydroxylation is 1. The van der Waals surface area contributed by atoms with E-state index in [-0.39, 0.29) is 5.56 Å². The lowest BCUT2D eigenvalue weighted by molar-refractivity contribution is -0.123. The summed E-state index contributed by atoms with van der Waals surface area (Å²) in [6.07, 6.45) is 2.11. The molecule has 1 N–H and O–H groups in total. The molecule has 0 bridgehead atoms. The van der Waals surface area contributed by atoms with Crippen molar-refractivity contribution >= 4 is 28.6 Å². The topological polar surface area (TPSA) is 107 Å². The zero-order chi connectivity index (χ0) is 25.2. The van der Waals surface area contributed by atoms with Gasteiger partial charge in [0.05, 0.1) is 29.1 Å². The summed E-state index contributed by atoms with van der Waals surface area (Å²) in [5.74, 6) is 0.00119. The van der Waals surface area contributed by atoms with Gasteiger partial charge in [0.2, 0.25) is 0 Å². The van der Waals surface area contributed by atoms with Crippen LogP contribution in [0.4, 0.5) is 5.69 Å². The molecule has 0 aliphatic heterocycles. The number of ether oxygens (including phenoxy) is 1. The highest BCUT2D eigenvalue weighted by molar-refractivity contribution is 5.99. The summed E-state index contributed by atoms with van der Waals surface area (Å²) in [6, 6.07) is 17.6. The molecule has 0 aliphatic rings. The number of fused-ring (bicyclic) bond motifs is 1. The first-order valence-electron chi connectivity index (χ1n) is 11.4. The van der Waals surface area contributed by atoms with E-state index in [4.69, 9.17) is 23.5 Å². The van der Waals surface area contributed by atoms with E-state index in [2.05, 4.69) is 5.32 Å². The zero-order valence-corrected chi connectivity index (χ0v) is 19.9. The van der Waals surface area contributed by atoms with Crippen molar-refractivity contribution in [1.29, 1.82) is 0 Å². The average molecular weight is 482 g/mol. The summed E-state index contributed by atoms with van der Waals surface area (Å²) in [6.45, 7) is 5.42. The van der Waals surface area contributed by atoms with E-state index in [0.29, 0.717) is 39.6 Å². The summed E-state index contributed by atoms with van der Waals surface area (Å²) in [5, 5.41) is 2.82. The molecule has 2 aromatic carbocycles. The van der Waals surface area contributed by atoms with Gasteiger partial charge in [0.15, 0.2) is 17.6 Å². The highest BCUT2D eigenvalue weighted by Crippen LogP contribution is 2.31. The lowest BCUT2D eigenvalue weighted by atomic mass is 10.1. The molecule has 0 spiro atoms. The van der Waals surface area contributed by atoms with Gasteiger partial charge in [0.25, 0.3) is 5.91 Å². The van der Waals surface area contributed by atoms with E-state index in [1.807, 2.05) is 32.0 Å². The maximum atomic E-state index is 12.9. The van der Waals surface area contributed by atoms with Crippen molar-refractivity contribution in [3.05, 3.63) is 89.9 Å². The summed E-state index contributed by atoms with van der Waals surface area (Å²) >= 11 is 0. The number of carbonyl (C=O) groups is 2. The monoisotopic (exact) mass is 481 g/mol. The fourth-order valence-electron chi connectivity index (χ4n) is 3.75. The van der Waals surface area contributed by atoms with Gasteiger partial charge in [-0.1, -0.05) is 12.1 Å². The van der Waals surface area contributed by atoms with Crippen LogP contribution in [0.5, 0.6) is 0 Å². The van der Waals surface area contributed by atoms with Gasteiger partial charge in [-0.15, -0.1) is 0 Å². The Hall–Kier alpha value is -4.72. The van der Waals surface area contributed by atoms with Gasteiger partial charge < -0.3 is 18.9 Å². The molecule has 180 valence electrons. The predicted molar refractivity (Wildman–Crippen MR) is 134 cm³/mol. The molecule has 0 saturated heterocycles. The van der Waals surface area contributed by atoms with Gasteiger partial charge >= 0.3 is 5.97 Å². The Balaban J connectivity index is 1.40. The first kappa shape index (κ1) is 23.0. The molecule has 3 aromatic heterocycles. The van der Waals surface area contributed by atoms with Crippen LogP contribution in [0.15, 0.2) is 82.0 Å². The minimum absolute atomic E-state index is 0.249. The predicted octanol–water partition coefficient (Wildman–Crippen LogP) is 5.95. The number of nitrogens with one attached hydrogen (secondary N) is 1. The second-order valence-corrected chi connectivity index (χ2v) is 8.36. The normalized spacial score (nSPS) is 11.9. The van der Waals surface area contributed by atoms with E-state index in [1.54, 1.807) is 55.0 Å². The molecule has 8 nitrogen and oxygen atoms in total. The average Bonchev–Trinajstić information content (AvgIpc) is 3.60. The standard InChI is InChI=1S/C28H23N3O5/c1-16-7-4-8-20(17(16)2)31-27(32)18(3)36-28(33)19-11-12-21-22(15-19)30-26(24-10-6-14-35-24)25(29-21)23-9-5-13-34-23/h4-15,18H,1-3H3,(H,31,32). The smallest absolute Gasteiger partial charge is 0.338 e. The maximum absolute atomic E-state index is 12.9. The van der Waals surface area contributed by atoms with Crippen molar-refractivity contribution in [1.82, 2.24) is 9.97 Å². The fraction of sp³-hybridized carbons (Fsp3) is 0.143. The van der Waals surface area contributed by atoms with Gasteiger partial charge in [-0.25, -0.2) is 14.8 Å². The zero-order valence-electron chi connectivity index (χ0n) is 19.9. The second kappa shape index (κ2) is 9.50. The van der Waals surface area contributed by atoms with Crippen LogP contribution < -0.4 is 5.32 Å². The second-order valence-electron chi connectivity index (χ2n) is 8.36. The summed E-state index contributed by atoms with van der Waals surface area (Å²) in [7, 11) is 0. The van der Waals surface area contributed by atoms with Crippen LogP contribution in [0.1, 0.15) is 28.4 Å². The molecular formula is C28H23N3O5. The van der Waals surface area contributed by atoms with E-state index in [9.17, 15) is 9.59 Å². The van der Waals surface area contributed by atoms with Gasteiger partial charge in [0, 0.05) is 5.69 Å². The third-order valence-corrected chi connectivity index (χ3v) is 5.92. The van der Waals surface area contributed by atoms with Crippen LogP contribution in [0.25, 0.3) is 33.9 Å². The van der Waals surface area contributed by atoms with Crippen molar-refractivity contribution in [2.45, 2.75) is 26.9 Å². The Kier molecular flexibility index (Phi) is 6.08. The molecule has 3 heterocycles. The number of hydrogen-bond acceptors (Lipinski definition) is 7. The van der Waals surface area contributed by atoms with Gasteiger partial charge in [-0.3, -0.25) is 4.79 Å². The molecule has 8 heteroatoms. The van der Waals surface area contributed by atoms with E-state index >= 15 is 0 Å². The Labute approximate surface area is 206 Å². The Morgan fingerprint density at radius 2 is 1.53 bits per heavy atom. The fourth-order valence-corrected chi connectivity index (χ4v) is 3.75. The number of esters is 1. The highest BCUT2D eigenvalue weighted by Gasteiger charge is 2.22. The Bertz CT molecular complexity index is 1560. The number of rotatable bonds is 6. The molecule has 0 fully saturated rings. The molecule has 1 unspecified atom stereocenters. The maximum Gasteiger partial charge on any atom is 0.338 e. The molecule has 0 radical (unpaired) electrons. The van der Waals surface area contributed by atoms with Gasteiger partial charge in [0.1, 0.15) is 11.4 Å². The van der Waals surface area contributed by atoms with Crippen molar-refractivity contribution in [3.63, 3.8) is 0 Å². The molecule has 1 amide bonds. The molecule has 5 rings (SSSR count). The number of nitrogens with zero attached hydrogens (tertiary/aromatic N) is 2. The lowest BCUT2D eigenvalue weighted by Crippen LogP contribution is -2.30. The number of hydrogen-bond donors (Lipinski definition) is 1. The van der Waals surface area contributed by atoms with Crippen LogP contribution in [0.3, 0.4) is 0 Å². The molecular weight excluding hydrogens is 458 g/mol. The molecule has 0 saturated carbocycles. The summed E-state index contributed by atoms with van der Waals surface area (Å²) in [4.78, 5) is 34.9. The van der Waals surface area contributed by atoms with Gasteiger partial charge in [-0.2, -0.15) is 0 Å². The van der Waals surface area contributed by atoms with Crippen LogP contribution >= 0.6 is 0 Å².